The van der Waals surface area contributed by atoms with E-state index >= 15 is 0 Å². The number of carbonyl (C=O) groups is 1. The minimum absolute atomic E-state index is 0.129. The van der Waals surface area contributed by atoms with E-state index in [9.17, 15) is 4.79 Å². The van der Waals surface area contributed by atoms with Crippen LogP contribution in [0, 0.1) is 5.92 Å². The van der Waals surface area contributed by atoms with Gasteiger partial charge in [0.25, 0.3) is 0 Å². The van der Waals surface area contributed by atoms with Crippen LogP contribution in [0.15, 0.2) is 12.3 Å². The van der Waals surface area contributed by atoms with Gasteiger partial charge in [-0.3, -0.25) is 0 Å². The van der Waals surface area contributed by atoms with E-state index in [0.717, 1.165) is 19.4 Å². The van der Waals surface area contributed by atoms with Crippen LogP contribution >= 0.6 is 11.6 Å². The predicted octanol–water partition coefficient (Wildman–Crippen LogP) is 3.06. The summed E-state index contributed by atoms with van der Waals surface area (Å²) in [7, 11) is 0. The minimum atomic E-state index is -1.00. The fourth-order valence-electron chi connectivity index (χ4n) is 1.95. The summed E-state index contributed by atoms with van der Waals surface area (Å²) in [5, 5.41) is 9.31. The maximum Gasteiger partial charge on any atom is 0.337 e. The highest BCUT2D eigenvalue weighted by Gasteiger charge is 2.31. The van der Waals surface area contributed by atoms with Crippen molar-refractivity contribution in [2.24, 2.45) is 5.92 Å². The zero-order valence-electron chi connectivity index (χ0n) is 10.6. The summed E-state index contributed by atoms with van der Waals surface area (Å²) in [6.45, 7) is 5.19. The van der Waals surface area contributed by atoms with E-state index in [4.69, 9.17) is 16.7 Å². The maximum absolute atomic E-state index is 10.8. The zero-order chi connectivity index (χ0) is 13.3. The van der Waals surface area contributed by atoms with Crippen LogP contribution in [0.4, 0.5) is 5.82 Å². The minimum Gasteiger partial charge on any atom is -0.478 e. The number of carboxylic acids is 1. The first-order valence-corrected chi connectivity index (χ1v) is 6.52. The molecule has 0 bridgehead atoms. The predicted molar refractivity (Wildman–Crippen MR) is 71.4 cm³/mol. The largest absolute Gasteiger partial charge is 0.478 e. The molecule has 0 amide bonds. The van der Waals surface area contributed by atoms with Crippen LogP contribution in [0.2, 0.25) is 5.02 Å². The van der Waals surface area contributed by atoms with E-state index in [1.54, 1.807) is 0 Å². The lowest BCUT2D eigenvalue weighted by Crippen LogP contribution is -2.31. The number of aromatic carboxylic acids is 1. The van der Waals surface area contributed by atoms with E-state index < -0.39 is 5.97 Å². The molecule has 4 nitrogen and oxygen atoms in total. The third kappa shape index (κ3) is 2.93. The summed E-state index contributed by atoms with van der Waals surface area (Å²) >= 11 is 6.16. The normalized spacial score (nSPS) is 14.9. The van der Waals surface area contributed by atoms with Crippen molar-refractivity contribution in [3.8, 4) is 0 Å². The lowest BCUT2D eigenvalue weighted by molar-refractivity contribution is 0.0696. The summed E-state index contributed by atoms with van der Waals surface area (Å²) in [5.74, 6) is 0.221. The first-order valence-electron chi connectivity index (χ1n) is 6.14. The van der Waals surface area contributed by atoms with E-state index in [1.165, 1.54) is 12.3 Å². The molecule has 1 aliphatic carbocycles. The van der Waals surface area contributed by atoms with Crippen molar-refractivity contribution >= 4 is 23.4 Å². The van der Waals surface area contributed by atoms with Gasteiger partial charge in [0.05, 0.1) is 10.6 Å². The lowest BCUT2D eigenvalue weighted by Gasteiger charge is -2.26. The number of aromatic nitrogens is 1. The average molecular weight is 269 g/mol. The van der Waals surface area contributed by atoms with Gasteiger partial charge in [-0.25, -0.2) is 9.78 Å². The molecule has 0 aromatic carbocycles. The van der Waals surface area contributed by atoms with Crippen LogP contribution in [0.3, 0.4) is 0 Å². The Balaban J connectivity index is 2.27. The molecule has 0 unspecified atom stereocenters. The molecule has 1 fully saturated rings. The van der Waals surface area contributed by atoms with Gasteiger partial charge in [-0.15, -0.1) is 0 Å². The van der Waals surface area contributed by atoms with Gasteiger partial charge >= 0.3 is 5.97 Å². The van der Waals surface area contributed by atoms with Crippen molar-refractivity contribution in [2.75, 3.05) is 11.4 Å². The second kappa shape index (κ2) is 5.14. The smallest absolute Gasteiger partial charge is 0.337 e. The molecule has 1 heterocycles. The van der Waals surface area contributed by atoms with E-state index in [1.807, 2.05) is 0 Å². The fourth-order valence-corrected chi connectivity index (χ4v) is 2.22. The number of carboxylic acid groups (broad SMARTS) is 1. The van der Waals surface area contributed by atoms with Crippen molar-refractivity contribution in [1.29, 1.82) is 0 Å². The second-order valence-corrected chi connectivity index (χ2v) is 5.52. The van der Waals surface area contributed by atoms with Gasteiger partial charge in [-0.1, -0.05) is 25.4 Å². The number of anilines is 1. The Hall–Kier alpha value is -1.29. The molecular weight excluding hydrogens is 252 g/mol. The molecule has 0 spiro atoms. The maximum atomic E-state index is 10.8. The molecule has 18 heavy (non-hydrogen) atoms. The third-order valence-corrected chi connectivity index (χ3v) is 3.17. The van der Waals surface area contributed by atoms with Crippen LogP contribution in [0.1, 0.15) is 37.0 Å². The highest BCUT2D eigenvalue weighted by atomic mass is 35.5. The SMILES string of the molecule is CC(C)CN(c1ncc(C(=O)O)cc1Cl)C1CC1. The van der Waals surface area contributed by atoms with Gasteiger partial charge in [0.15, 0.2) is 0 Å². The molecule has 98 valence electrons. The van der Waals surface area contributed by atoms with Crippen molar-refractivity contribution < 1.29 is 9.90 Å². The molecule has 1 aliphatic rings. The summed E-state index contributed by atoms with van der Waals surface area (Å²) in [6.07, 6.45) is 3.69. The molecule has 1 aromatic rings. The van der Waals surface area contributed by atoms with Crippen molar-refractivity contribution in [3.05, 3.63) is 22.8 Å². The molecule has 2 rings (SSSR count). The number of pyridine rings is 1. The molecule has 1 aromatic heterocycles. The zero-order valence-corrected chi connectivity index (χ0v) is 11.3. The molecular formula is C13H17ClN2O2. The molecule has 5 heteroatoms. The van der Waals surface area contributed by atoms with Gasteiger partial charge in [-0.2, -0.15) is 0 Å². The molecule has 0 atom stereocenters. The number of hydrogen-bond acceptors (Lipinski definition) is 3. The van der Waals surface area contributed by atoms with Crippen molar-refractivity contribution in [1.82, 2.24) is 4.98 Å². The molecule has 1 saturated carbocycles. The van der Waals surface area contributed by atoms with Crippen molar-refractivity contribution in [2.45, 2.75) is 32.7 Å². The number of hydrogen-bond donors (Lipinski definition) is 1. The van der Waals surface area contributed by atoms with Crippen LogP contribution in [-0.4, -0.2) is 28.6 Å². The second-order valence-electron chi connectivity index (χ2n) is 5.11. The number of halogens is 1. The highest BCUT2D eigenvalue weighted by molar-refractivity contribution is 6.33. The van der Waals surface area contributed by atoms with Gasteiger partial charge in [0.2, 0.25) is 0 Å². The monoisotopic (exact) mass is 268 g/mol. The molecule has 0 radical (unpaired) electrons. The third-order valence-electron chi connectivity index (χ3n) is 2.89. The molecule has 1 N–H and O–H groups in total. The van der Waals surface area contributed by atoms with Crippen LogP contribution in [0.25, 0.3) is 0 Å². The first-order chi connectivity index (χ1) is 8.49. The Morgan fingerprint density at radius 3 is 2.72 bits per heavy atom. The highest BCUT2D eigenvalue weighted by Crippen LogP contribution is 2.35. The van der Waals surface area contributed by atoms with Gasteiger partial charge in [0.1, 0.15) is 5.82 Å². The number of rotatable bonds is 5. The van der Waals surface area contributed by atoms with Gasteiger partial charge in [0, 0.05) is 18.8 Å². The average Bonchev–Trinajstić information content (AvgIpc) is 3.09. The van der Waals surface area contributed by atoms with Crippen LogP contribution in [-0.2, 0) is 0 Å². The van der Waals surface area contributed by atoms with Crippen LogP contribution < -0.4 is 4.90 Å². The molecule has 0 aliphatic heterocycles. The van der Waals surface area contributed by atoms with E-state index in [-0.39, 0.29) is 5.56 Å². The lowest BCUT2D eigenvalue weighted by atomic mass is 10.2. The summed E-state index contributed by atoms with van der Waals surface area (Å²) in [6, 6.07) is 1.98. The standard InChI is InChI=1S/C13H17ClN2O2/c1-8(2)7-16(10-3-4-10)12-11(14)5-9(6-15-12)13(17)18/h5-6,8,10H,3-4,7H2,1-2H3,(H,17,18). The first kappa shape index (κ1) is 13.1. The quantitative estimate of drug-likeness (QED) is 0.892. The Bertz CT molecular complexity index is 458. The summed E-state index contributed by atoms with van der Waals surface area (Å²) in [4.78, 5) is 17.3. The van der Waals surface area contributed by atoms with Crippen molar-refractivity contribution in [3.63, 3.8) is 0 Å². The summed E-state index contributed by atoms with van der Waals surface area (Å²) in [5.41, 5.74) is 0.129. The van der Waals surface area contributed by atoms with E-state index in [2.05, 4.69) is 23.7 Å². The van der Waals surface area contributed by atoms with Gasteiger partial charge < -0.3 is 10.0 Å². The Labute approximate surface area is 112 Å². The summed E-state index contributed by atoms with van der Waals surface area (Å²) < 4.78 is 0. The van der Waals surface area contributed by atoms with Crippen LogP contribution in [0.5, 0.6) is 0 Å². The molecule has 0 saturated heterocycles. The number of nitrogens with zero attached hydrogens (tertiary/aromatic N) is 2. The Kier molecular flexibility index (Phi) is 3.76. The Morgan fingerprint density at radius 1 is 1.61 bits per heavy atom. The Morgan fingerprint density at radius 2 is 2.28 bits per heavy atom. The fraction of sp³-hybridized carbons (Fsp3) is 0.538. The van der Waals surface area contributed by atoms with Gasteiger partial charge in [-0.05, 0) is 24.8 Å². The topological polar surface area (TPSA) is 53.4 Å². The van der Waals surface area contributed by atoms with E-state index in [0.29, 0.717) is 22.8 Å².